The van der Waals surface area contributed by atoms with Gasteiger partial charge in [0.1, 0.15) is 0 Å². The van der Waals surface area contributed by atoms with Gasteiger partial charge in [0.25, 0.3) is 0 Å². The Morgan fingerprint density at radius 1 is 1.43 bits per heavy atom. The van der Waals surface area contributed by atoms with E-state index < -0.39 is 0 Å². The molecular weight excluding hydrogens is 178 g/mol. The third-order valence-corrected chi connectivity index (χ3v) is 2.23. The van der Waals surface area contributed by atoms with Crippen LogP contribution in [0.25, 0.3) is 0 Å². The van der Waals surface area contributed by atoms with Crippen molar-refractivity contribution < 1.29 is 9.47 Å². The molecule has 1 rings (SSSR count). The molecule has 0 aromatic heterocycles. The predicted molar refractivity (Wildman–Crippen MR) is 57.5 cm³/mol. The zero-order chi connectivity index (χ0) is 10.4. The van der Waals surface area contributed by atoms with Crippen molar-refractivity contribution in [2.45, 2.75) is 45.3 Å². The van der Waals surface area contributed by atoms with Gasteiger partial charge in [-0.15, -0.1) is 0 Å². The van der Waals surface area contributed by atoms with E-state index >= 15 is 0 Å². The molecule has 0 aliphatic carbocycles. The molecule has 1 saturated heterocycles. The quantitative estimate of drug-likeness (QED) is 0.700. The fraction of sp³-hybridized carbons (Fsp3) is 1.00. The summed E-state index contributed by atoms with van der Waals surface area (Å²) in [5.74, 6) is 0. The predicted octanol–water partition coefficient (Wildman–Crippen LogP) is 1.57. The highest BCUT2D eigenvalue weighted by Gasteiger charge is 2.13. The highest BCUT2D eigenvalue weighted by molar-refractivity contribution is 4.69. The van der Waals surface area contributed by atoms with Crippen molar-refractivity contribution in [2.24, 2.45) is 0 Å². The first-order chi connectivity index (χ1) is 6.58. The molecule has 3 nitrogen and oxygen atoms in total. The Balaban J connectivity index is 1.97. The van der Waals surface area contributed by atoms with Gasteiger partial charge in [-0.1, -0.05) is 0 Å². The van der Waals surface area contributed by atoms with Crippen LogP contribution in [0.15, 0.2) is 0 Å². The molecule has 0 amide bonds. The lowest BCUT2D eigenvalue weighted by atomic mass is 10.1. The van der Waals surface area contributed by atoms with Gasteiger partial charge in [-0.25, -0.2) is 0 Å². The second-order valence-corrected chi connectivity index (χ2v) is 4.83. The summed E-state index contributed by atoms with van der Waals surface area (Å²) in [6, 6.07) is 0.535. The highest BCUT2D eigenvalue weighted by atomic mass is 16.5. The molecule has 0 saturated carbocycles. The molecule has 0 radical (unpaired) electrons. The first kappa shape index (κ1) is 12.0. The van der Waals surface area contributed by atoms with E-state index in [1.807, 2.05) is 0 Å². The minimum Gasteiger partial charge on any atom is -0.380 e. The van der Waals surface area contributed by atoms with Crippen LogP contribution in [0.1, 0.15) is 33.6 Å². The maximum atomic E-state index is 5.62. The fourth-order valence-electron chi connectivity index (χ4n) is 1.52. The minimum atomic E-state index is -0.0231. The summed E-state index contributed by atoms with van der Waals surface area (Å²) in [6.45, 7) is 9.72. The van der Waals surface area contributed by atoms with E-state index in [4.69, 9.17) is 9.47 Å². The number of hydrogen-bond donors (Lipinski definition) is 1. The van der Waals surface area contributed by atoms with E-state index in [2.05, 4.69) is 26.1 Å². The van der Waals surface area contributed by atoms with E-state index in [0.29, 0.717) is 6.04 Å². The van der Waals surface area contributed by atoms with E-state index in [9.17, 15) is 0 Å². The average molecular weight is 201 g/mol. The number of rotatable bonds is 4. The summed E-state index contributed by atoms with van der Waals surface area (Å²) in [5.41, 5.74) is -0.0231. The molecule has 0 spiro atoms. The summed E-state index contributed by atoms with van der Waals surface area (Å²) in [7, 11) is 0. The fourth-order valence-corrected chi connectivity index (χ4v) is 1.52. The maximum Gasteiger partial charge on any atom is 0.0619 e. The Morgan fingerprint density at radius 2 is 2.21 bits per heavy atom. The van der Waals surface area contributed by atoms with Crippen LogP contribution in [0.4, 0.5) is 0 Å². The van der Waals surface area contributed by atoms with Gasteiger partial charge in [-0.3, -0.25) is 0 Å². The maximum absolute atomic E-state index is 5.62. The standard InChI is InChI=1S/C11H23NO2/c1-11(2,3)14-8-6-12-10-5-4-7-13-9-10/h10,12H,4-9H2,1-3H3. The van der Waals surface area contributed by atoms with Crippen LogP contribution in [0.5, 0.6) is 0 Å². The van der Waals surface area contributed by atoms with Gasteiger partial charge >= 0.3 is 0 Å². The Labute approximate surface area is 87.2 Å². The zero-order valence-electron chi connectivity index (χ0n) is 9.64. The monoisotopic (exact) mass is 201 g/mol. The van der Waals surface area contributed by atoms with Crippen LogP contribution in [0.2, 0.25) is 0 Å². The van der Waals surface area contributed by atoms with Crippen LogP contribution < -0.4 is 5.32 Å². The second-order valence-electron chi connectivity index (χ2n) is 4.83. The van der Waals surface area contributed by atoms with E-state index in [1.165, 1.54) is 12.8 Å². The lowest BCUT2D eigenvalue weighted by molar-refractivity contribution is -0.00461. The molecule has 14 heavy (non-hydrogen) atoms. The smallest absolute Gasteiger partial charge is 0.0619 e. The number of hydrogen-bond acceptors (Lipinski definition) is 3. The van der Waals surface area contributed by atoms with Crippen LogP contribution >= 0.6 is 0 Å². The summed E-state index contributed by atoms with van der Waals surface area (Å²) in [4.78, 5) is 0. The Kier molecular flexibility index (Phi) is 4.85. The molecule has 1 heterocycles. The van der Waals surface area contributed by atoms with Crippen molar-refractivity contribution in [3.63, 3.8) is 0 Å². The van der Waals surface area contributed by atoms with Crippen molar-refractivity contribution in [3.05, 3.63) is 0 Å². The minimum absolute atomic E-state index is 0.0231. The van der Waals surface area contributed by atoms with E-state index in [-0.39, 0.29) is 5.60 Å². The summed E-state index contributed by atoms with van der Waals surface area (Å²) >= 11 is 0. The third-order valence-electron chi connectivity index (χ3n) is 2.23. The Bertz CT molecular complexity index is 148. The van der Waals surface area contributed by atoms with Crippen LogP contribution in [-0.2, 0) is 9.47 Å². The Hall–Kier alpha value is -0.120. The molecule has 1 atom stereocenters. The Morgan fingerprint density at radius 3 is 2.79 bits per heavy atom. The summed E-state index contributed by atoms with van der Waals surface area (Å²) in [5, 5.41) is 3.44. The van der Waals surface area contributed by atoms with E-state index in [0.717, 1.165) is 26.4 Å². The molecule has 3 heteroatoms. The normalized spacial score (nSPS) is 23.8. The third kappa shape index (κ3) is 5.58. The summed E-state index contributed by atoms with van der Waals surface area (Å²) < 4.78 is 11.0. The topological polar surface area (TPSA) is 30.5 Å². The molecule has 1 aliphatic rings. The van der Waals surface area contributed by atoms with Crippen molar-refractivity contribution in [1.29, 1.82) is 0 Å². The zero-order valence-corrected chi connectivity index (χ0v) is 9.64. The second kappa shape index (κ2) is 5.69. The summed E-state index contributed by atoms with van der Waals surface area (Å²) in [6.07, 6.45) is 2.41. The van der Waals surface area contributed by atoms with Gasteiger partial charge in [0.15, 0.2) is 0 Å². The van der Waals surface area contributed by atoms with Crippen molar-refractivity contribution in [3.8, 4) is 0 Å². The van der Waals surface area contributed by atoms with Gasteiger partial charge in [0.2, 0.25) is 0 Å². The highest BCUT2D eigenvalue weighted by Crippen LogP contribution is 2.07. The van der Waals surface area contributed by atoms with Crippen LogP contribution in [0, 0.1) is 0 Å². The average Bonchev–Trinajstić information content (AvgIpc) is 2.13. The molecule has 1 unspecified atom stereocenters. The lowest BCUT2D eigenvalue weighted by Crippen LogP contribution is -2.39. The van der Waals surface area contributed by atoms with Gasteiger partial charge in [-0.05, 0) is 33.6 Å². The largest absolute Gasteiger partial charge is 0.380 e. The van der Waals surface area contributed by atoms with Gasteiger partial charge in [0.05, 0.1) is 18.8 Å². The first-order valence-electron chi connectivity index (χ1n) is 5.53. The molecular formula is C11H23NO2. The SMILES string of the molecule is CC(C)(C)OCCNC1CCCOC1. The molecule has 84 valence electrons. The first-order valence-corrected chi connectivity index (χ1v) is 5.53. The van der Waals surface area contributed by atoms with Crippen LogP contribution in [0.3, 0.4) is 0 Å². The van der Waals surface area contributed by atoms with Gasteiger partial charge < -0.3 is 14.8 Å². The molecule has 1 aliphatic heterocycles. The lowest BCUT2D eigenvalue weighted by Gasteiger charge is -2.24. The molecule has 0 aromatic rings. The van der Waals surface area contributed by atoms with Crippen molar-refractivity contribution in [2.75, 3.05) is 26.4 Å². The van der Waals surface area contributed by atoms with E-state index in [1.54, 1.807) is 0 Å². The molecule has 1 N–H and O–H groups in total. The number of nitrogens with one attached hydrogen (secondary N) is 1. The van der Waals surface area contributed by atoms with Gasteiger partial charge in [0, 0.05) is 19.2 Å². The molecule has 0 aromatic carbocycles. The van der Waals surface area contributed by atoms with Crippen molar-refractivity contribution >= 4 is 0 Å². The van der Waals surface area contributed by atoms with Crippen molar-refractivity contribution in [1.82, 2.24) is 5.32 Å². The van der Waals surface area contributed by atoms with Crippen LogP contribution in [-0.4, -0.2) is 38.0 Å². The number of ether oxygens (including phenoxy) is 2. The van der Waals surface area contributed by atoms with Gasteiger partial charge in [-0.2, -0.15) is 0 Å². The molecule has 0 bridgehead atoms. The molecule has 1 fully saturated rings.